The van der Waals surface area contributed by atoms with Gasteiger partial charge in [0.2, 0.25) is 0 Å². The molecule has 0 bridgehead atoms. The first-order valence-electron chi connectivity index (χ1n) is 16.7. The molecular weight excluding hydrogens is 605 g/mol. The number of aromatic hydroxyl groups is 2. The van der Waals surface area contributed by atoms with E-state index < -0.39 is 0 Å². The zero-order valence-electron chi connectivity index (χ0n) is 28.3. The van der Waals surface area contributed by atoms with Gasteiger partial charge in [-0.05, 0) is 71.2 Å². The number of thioether (sulfide) groups is 2. The third kappa shape index (κ3) is 8.49. The first-order chi connectivity index (χ1) is 21.9. The molecule has 1 fully saturated rings. The number of aromatic nitrogens is 2. The summed E-state index contributed by atoms with van der Waals surface area (Å²) in [7, 11) is 0. The zero-order chi connectivity index (χ0) is 32.9. The fraction of sp³-hybridized carbons (Fsp3) is 0.450. The van der Waals surface area contributed by atoms with Crippen LogP contribution < -0.4 is 0 Å². The third-order valence-corrected chi connectivity index (χ3v) is 12.2. The second-order valence-electron chi connectivity index (χ2n) is 14.7. The number of pyridine rings is 2. The lowest BCUT2D eigenvalue weighted by atomic mass is 9.84. The van der Waals surface area contributed by atoms with Gasteiger partial charge in [-0.3, -0.25) is 9.97 Å². The van der Waals surface area contributed by atoms with Crippen LogP contribution in [0, 0.1) is 0 Å². The van der Waals surface area contributed by atoms with Crippen LogP contribution >= 0.6 is 23.5 Å². The van der Waals surface area contributed by atoms with Crippen LogP contribution in [0.4, 0.5) is 0 Å². The predicted octanol–water partition coefficient (Wildman–Crippen LogP) is 11.1. The van der Waals surface area contributed by atoms with Gasteiger partial charge in [0, 0.05) is 56.7 Å². The maximum Gasteiger partial charge on any atom is 0.129 e. The molecule has 1 aliphatic carbocycles. The molecule has 0 unspecified atom stereocenters. The Morgan fingerprint density at radius 3 is 1.37 bits per heavy atom. The SMILES string of the molecule is CC(C)(C)c1cc(CS[C@H]2CCCCCC[C@@H]2SCc2cc(C(C)(C)C)cc(-c3ccccn3)c2O)c(O)c(-c2ccccn2)c1. The minimum Gasteiger partial charge on any atom is -0.507 e. The van der Waals surface area contributed by atoms with Gasteiger partial charge in [-0.25, -0.2) is 0 Å². The van der Waals surface area contributed by atoms with E-state index in [-0.39, 0.29) is 10.8 Å². The summed E-state index contributed by atoms with van der Waals surface area (Å²) in [6, 6.07) is 20.4. The Bertz CT molecular complexity index is 1470. The summed E-state index contributed by atoms with van der Waals surface area (Å²) in [6.07, 6.45) is 10.9. The highest BCUT2D eigenvalue weighted by Gasteiger charge is 2.27. The van der Waals surface area contributed by atoms with Crippen molar-refractivity contribution < 1.29 is 10.2 Å². The van der Waals surface area contributed by atoms with Crippen LogP contribution in [0.3, 0.4) is 0 Å². The molecule has 2 aromatic carbocycles. The van der Waals surface area contributed by atoms with Crippen molar-refractivity contribution in [1.29, 1.82) is 0 Å². The van der Waals surface area contributed by atoms with Crippen LogP contribution in [0.5, 0.6) is 11.5 Å². The lowest BCUT2D eigenvalue weighted by molar-refractivity contribution is 0.470. The number of hydrogen-bond acceptors (Lipinski definition) is 6. The first-order valence-corrected chi connectivity index (χ1v) is 18.8. The molecule has 2 atom stereocenters. The van der Waals surface area contributed by atoms with Gasteiger partial charge in [0.1, 0.15) is 11.5 Å². The molecule has 0 radical (unpaired) electrons. The number of phenolic OH excluding ortho intramolecular Hbond substituents is 2. The molecule has 0 amide bonds. The van der Waals surface area contributed by atoms with E-state index in [0.717, 1.165) is 45.1 Å². The van der Waals surface area contributed by atoms with Crippen molar-refractivity contribution in [2.75, 3.05) is 0 Å². The number of phenols is 2. The number of nitrogens with zero attached hydrogens (tertiary/aromatic N) is 2. The van der Waals surface area contributed by atoms with Gasteiger partial charge in [0.25, 0.3) is 0 Å². The second-order valence-corrected chi connectivity index (χ2v) is 17.1. The third-order valence-electron chi connectivity index (χ3n) is 9.04. The Balaban J connectivity index is 1.41. The van der Waals surface area contributed by atoms with Crippen LogP contribution in [-0.2, 0) is 22.3 Å². The highest BCUT2D eigenvalue weighted by atomic mass is 32.2. The smallest absolute Gasteiger partial charge is 0.129 e. The lowest BCUT2D eigenvalue weighted by Gasteiger charge is -2.30. The monoisotopic (exact) mass is 654 g/mol. The van der Waals surface area contributed by atoms with Crippen LogP contribution in [-0.4, -0.2) is 30.7 Å². The normalized spacial score (nSPS) is 17.8. The van der Waals surface area contributed by atoms with Crippen LogP contribution in [0.1, 0.15) is 102 Å². The van der Waals surface area contributed by atoms with E-state index in [1.165, 1.54) is 49.7 Å². The van der Waals surface area contributed by atoms with E-state index in [2.05, 4.69) is 75.8 Å². The maximum absolute atomic E-state index is 11.5. The Labute approximate surface area is 284 Å². The highest BCUT2D eigenvalue weighted by Crippen LogP contribution is 2.44. The van der Waals surface area contributed by atoms with Crippen molar-refractivity contribution >= 4 is 23.5 Å². The van der Waals surface area contributed by atoms with E-state index in [1.807, 2.05) is 59.9 Å². The summed E-state index contributed by atoms with van der Waals surface area (Å²) >= 11 is 3.98. The van der Waals surface area contributed by atoms with E-state index in [9.17, 15) is 10.2 Å². The molecule has 2 N–H and O–H groups in total. The van der Waals surface area contributed by atoms with Crippen molar-refractivity contribution in [2.45, 2.75) is 113 Å². The van der Waals surface area contributed by atoms with Crippen molar-refractivity contribution in [3.05, 3.63) is 95.3 Å². The largest absolute Gasteiger partial charge is 0.507 e. The Hall–Kier alpha value is -2.96. The van der Waals surface area contributed by atoms with Crippen LogP contribution in [0.2, 0.25) is 0 Å². The molecule has 0 aliphatic heterocycles. The van der Waals surface area contributed by atoms with Gasteiger partial charge in [-0.15, -0.1) is 0 Å². The molecule has 2 heterocycles. The molecule has 5 rings (SSSR count). The maximum atomic E-state index is 11.5. The van der Waals surface area contributed by atoms with Crippen molar-refractivity contribution in [1.82, 2.24) is 9.97 Å². The van der Waals surface area contributed by atoms with Gasteiger partial charge < -0.3 is 10.2 Å². The topological polar surface area (TPSA) is 66.2 Å². The Morgan fingerprint density at radius 1 is 0.609 bits per heavy atom. The quantitative estimate of drug-likeness (QED) is 0.197. The fourth-order valence-corrected chi connectivity index (χ4v) is 9.17. The Kier molecular flexibility index (Phi) is 11.1. The average molecular weight is 655 g/mol. The Morgan fingerprint density at radius 2 is 1.02 bits per heavy atom. The average Bonchev–Trinajstić information content (AvgIpc) is 3.01. The molecule has 6 heteroatoms. The second kappa shape index (κ2) is 14.9. The van der Waals surface area contributed by atoms with Crippen molar-refractivity contribution in [2.24, 2.45) is 0 Å². The standard InChI is InChI=1S/C40H50N2O2S2/c1-39(2,3)29-21-27(37(43)31(23-29)33-15-11-13-19-41-33)25-45-35-17-9-7-8-10-18-36(35)46-26-28-22-30(40(4,5)6)24-32(38(28)44)34-16-12-14-20-42-34/h11-16,19-24,35-36,43-44H,7-10,17-18,25-26H2,1-6H3/t35-,36-/m0/s1. The summed E-state index contributed by atoms with van der Waals surface area (Å²) in [5.74, 6) is 2.21. The summed E-state index contributed by atoms with van der Waals surface area (Å²) < 4.78 is 0. The molecule has 0 spiro atoms. The fourth-order valence-electron chi connectivity index (χ4n) is 6.10. The molecular formula is C40H50N2O2S2. The van der Waals surface area contributed by atoms with Crippen molar-refractivity contribution in [3.8, 4) is 34.0 Å². The lowest BCUT2D eigenvalue weighted by Crippen LogP contribution is -2.22. The summed E-state index contributed by atoms with van der Waals surface area (Å²) in [5, 5.41) is 24.0. The van der Waals surface area contributed by atoms with E-state index in [1.54, 1.807) is 12.4 Å². The number of hydrogen-bond donors (Lipinski definition) is 2. The van der Waals surface area contributed by atoms with E-state index >= 15 is 0 Å². The highest BCUT2D eigenvalue weighted by molar-refractivity contribution is 8.03. The summed E-state index contributed by atoms with van der Waals surface area (Å²) in [4.78, 5) is 9.14. The van der Waals surface area contributed by atoms with Crippen LogP contribution in [0.15, 0.2) is 73.1 Å². The van der Waals surface area contributed by atoms with E-state index in [0.29, 0.717) is 22.0 Å². The first kappa shape index (κ1) is 34.4. The number of benzene rings is 2. The molecule has 2 aromatic heterocycles. The molecule has 244 valence electrons. The molecule has 0 saturated heterocycles. The van der Waals surface area contributed by atoms with Crippen molar-refractivity contribution in [3.63, 3.8) is 0 Å². The van der Waals surface area contributed by atoms with Gasteiger partial charge in [0.15, 0.2) is 0 Å². The van der Waals surface area contributed by atoms with Gasteiger partial charge in [-0.2, -0.15) is 23.5 Å². The number of rotatable bonds is 8. The zero-order valence-corrected chi connectivity index (χ0v) is 30.0. The summed E-state index contributed by atoms with van der Waals surface area (Å²) in [6.45, 7) is 13.4. The molecule has 46 heavy (non-hydrogen) atoms. The van der Waals surface area contributed by atoms with Gasteiger partial charge in [-0.1, -0.05) is 91.5 Å². The molecule has 4 nitrogen and oxygen atoms in total. The molecule has 1 saturated carbocycles. The minimum absolute atomic E-state index is 0.0486. The molecule has 4 aromatic rings. The van der Waals surface area contributed by atoms with E-state index in [4.69, 9.17) is 0 Å². The minimum atomic E-state index is -0.0486. The molecule has 1 aliphatic rings. The van der Waals surface area contributed by atoms with Gasteiger partial charge in [0.05, 0.1) is 11.4 Å². The summed E-state index contributed by atoms with van der Waals surface area (Å²) in [5.41, 5.74) is 7.53. The predicted molar refractivity (Wildman–Crippen MR) is 198 cm³/mol. The van der Waals surface area contributed by atoms with Gasteiger partial charge >= 0.3 is 0 Å². The van der Waals surface area contributed by atoms with Crippen LogP contribution in [0.25, 0.3) is 22.5 Å².